The topological polar surface area (TPSA) is 47.8 Å². The second kappa shape index (κ2) is 6.76. The van der Waals surface area contributed by atoms with Crippen molar-refractivity contribution in [3.8, 4) is 17.0 Å². The van der Waals surface area contributed by atoms with Crippen molar-refractivity contribution in [1.82, 2.24) is 9.38 Å². The fourth-order valence-corrected chi connectivity index (χ4v) is 3.28. The molecule has 1 aliphatic heterocycles. The van der Waals surface area contributed by atoms with Gasteiger partial charge < -0.3 is 14.8 Å². The average Bonchev–Trinajstić information content (AvgIpc) is 3.27. The van der Waals surface area contributed by atoms with Gasteiger partial charge >= 0.3 is 0 Å². The summed E-state index contributed by atoms with van der Waals surface area (Å²) in [4.78, 5) is 4.86. The zero-order chi connectivity index (χ0) is 17.2. The first kappa shape index (κ1) is 16.0. The minimum atomic E-state index is 0.278. The summed E-state index contributed by atoms with van der Waals surface area (Å²) in [5, 5.41) is 3.57. The molecule has 1 fully saturated rings. The Balaban J connectivity index is 1.73. The summed E-state index contributed by atoms with van der Waals surface area (Å²) in [5.74, 6) is 1.85. The van der Waals surface area contributed by atoms with E-state index in [2.05, 4.69) is 35.0 Å². The maximum atomic E-state index is 5.75. The summed E-state index contributed by atoms with van der Waals surface area (Å²) in [6.07, 6.45) is 4.60. The van der Waals surface area contributed by atoms with Crippen LogP contribution in [0, 0.1) is 6.92 Å². The smallest absolute Gasteiger partial charge is 0.139 e. The summed E-state index contributed by atoms with van der Waals surface area (Å²) in [6, 6.07) is 12.2. The highest BCUT2D eigenvalue weighted by atomic mass is 16.5. The average molecular weight is 337 g/mol. The third-order valence-electron chi connectivity index (χ3n) is 4.67. The molecule has 5 nitrogen and oxygen atoms in total. The maximum Gasteiger partial charge on any atom is 0.139 e. The molecule has 3 heterocycles. The van der Waals surface area contributed by atoms with Gasteiger partial charge in [0.05, 0.1) is 13.2 Å². The SMILES string of the molecule is COc1ccc(-c2nc3cc(C)ccn3c2NCC2CCCO2)cc1. The molecule has 1 aromatic carbocycles. The molecule has 0 radical (unpaired) electrons. The quantitative estimate of drug-likeness (QED) is 0.767. The Labute approximate surface area is 147 Å². The van der Waals surface area contributed by atoms with Crippen LogP contribution in [-0.4, -0.2) is 35.8 Å². The van der Waals surface area contributed by atoms with Crippen molar-refractivity contribution in [1.29, 1.82) is 0 Å². The third-order valence-corrected chi connectivity index (χ3v) is 4.67. The lowest BCUT2D eigenvalue weighted by Gasteiger charge is -2.13. The van der Waals surface area contributed by atoms with Crippen LogP contribution in [0.1, 0.15) is 18.4 Å². The van der Waals surface area contributed by atoms with Crippen molar-refractivity contribution in [3.05, 3.63) is 48.2 Å². The number of fused-ring (bicyclic) bond motifs is 1. The van der Waals surface area contributed by atoms with Crippen LogP contribution < -0.4 is 10.1 Å². The molecule has 1 aliphatic rings. The van der Waals surface area contributed by atoms with Crippen LogP contribution in [0.15, 0.2) is 42.6 Å². The number of pyridine rings is 1. The second-order valence-corrected chi connectivity index (χ2v) is 6.49. The van der Waals surface area contributed by atoms with Crippen molar-refractivity contribution in [3.63, 3.8) is 0 Å². The van der Waals surface area contributed by atoms with Crippen molar-refractivity contribution in [2.24, 2.45) is 0 Å². The van der Waals surface area contributed by atoms with E-state index in [0.29, 0.717) is 0 Å². The van der Waals surface area contributed by atoms with Crippen molar-refractivity contribution in [2.75, 3.05) is 25.6 Å². The van der Waals surface area contributed by atoms with Crippen LogP contribution in [0.3, 0.4) is 0 Å². The van der Waals surface area contributed by atoms with E-state index < -0.39 is 0 Å². The molecular weight excluding hydrogens is 314 g/mol. The van der Waals surface area contributed by atoms with E-state index in [1.807, 2.05) is 24.3 Å². The van der Waals surface area contributed by atoms with Gasteiger partial charge in [-0.3, -0.25) is 4.40 Å². The van der Waals surface area contributed by atoms with Gasteiger partial charge in [-0.25, -0.2) is 4.98 Å². The Bertz CT molecular complexity index is 865. The number of nitrogens with zero attached hydrogens (tertiary/aromatic N) is 2. The van der Waals surface area contributed by atoms with Crippen LogP contribution in [0.2, 0.25) is 0 Å². The van der Waals surface area contributed by atoms with Crippen molar-refractivity contribution < 1.29 is 9.47 Å². The largest absolute Gasteiger partial charge is 0.497 e. The Kier molecular flexibility index (Phi) is 4.32. The minimum absolute atomic E-state index is 0.278. The Morgan fingerprint density at radius 3 is 2.84 bits per heavy atom. The normalized spacial score (nSPS) is 17.1. The fourth-order valence-electron chi connectivity index (χ4n) is 3.28. The number of benzene rings is 1. The van der Waals surface area contributed by atoms with Crippen LogP contribution in [0.4, 0.5) is 5.82 Å². The highest BCUT2D eigenvalue weighted by molar-refractivity contribution is 5.77. The lowest BCUT2D eigenvalue weighted by atomic mass is 10.1. The monoisotopic (exact) mass is 337 g/mol. The van der Waals surface area contributed by atoms with Crippen LogP contribution >= 0.6 is 0 Å². The van der Waals surface area contributed by atoms with Gasteiger partial charge in [-0.15, -0.1) is 0 Å². The van der Waals surface area contributed by atoms with E-state index >= 15 is 0 Å². The van der Waals surface area contributed by atoms with Crippen LogP contribution in [0.5, 0.6) is 5.75 Å². The number of rotatable bonds is 5. The molecule has 4 rings (SSSR count). The van der Waals surface area contributed by atoms with Gasteiger partial charge in [0.2, 0.25) is 0 Å². The Morgan fingerprint density at radius 1 is 1.28 bits per heavy atom. The molecular formula is C20H23N3O2. The summed E-state index contributed by atoms with van der Waals surface area (Å²) >= 11 is 0. The molecule has 3 aromatic rings. The molecule has 0 saturated carbocycles. The summed E-state index contributed by atoms with van der Waals surface area (Å²) < 4.78 is 13.1. The number of nitrogens with one attached hydrogen (secondary N) is 1. The third kappa shape index (κ3) is 3.20. The van der Waals surface area contributed by atoms with E-state index in [0.717, 1.165) is 54.5 Å². The van der Waals surface area contributed by atoms with Crippen LogP contribution in [0.25, 0.3) is 16.9 Å². The molecule has 0 spiro atoms. The first-order valence-corrected chi connectivity index (χ1v) is 8.73. The minimum Gasteiger partial charge on any atom is -0.497 e. The molecule has 0 aliphatic carbocycles. The van der Waals surface area contributed by atoms with Gasteiger partial charge in [-0.05, 0) is 61.7 Å². The molecule has 130 valence electrons. The number of methoxy groups -OCH3 is 1. The highest BCUT2D eigenvalue weighted by Crippen LogP contribution is 2.30. The van der Waals surface area contributed by atoms with E-state index in [1.54, 1.807) is 7.11 Å². The molecule has 0 bridgehead atoms. The first-order chi connectivity index (χ1) is 12.2. The van der Waals surface area contributed by atoms with E-state index in [1.165, 1.54) is 5.56 Å². The molecule has 5 heteroatoms. The van der Waals surface area contributed by atoms with Gasteiger partial charge in [0.1, 0.15) is 22.9 Å². The Morgan fingerprint density at radius 2 is 2.12 bits per heavy atom. The number of anilines is 1. The number of aryl methyl sites for hydroxylation is 1. The van der Waals surface area contributed by atoms with Crippen molar-refractivity contribution in [2.45, 2.75) is 25.9 Å². The van der Waals surface area contributed by atoms with Crippen molar-refractivity contribution >= 4 is 11.5 Å². The highest BCUT2D eigenvalue weighted by Gasteiger charge is 2.19. The molecule has 0 amide bonds. The number of aromatic nitrogens is 2. The van der Waals surface area contributed by atoms with Gasteiger partial charge in [0.25, 0.3) is 0 Å². The molecule has 1 N–H and O–H groups in total. The van der Waals surface area contributed by atoms with Gasteiger partial charge in [0.15, 0.2) is 0 Å². The fraction of sp³-hybridized carbons (Fsp3) is 0.350. The van der Waals surface area contributed by atoms with Gasteiger partial charge in [-0.1, -0.05) is 0 Å². The summed E-state index contributed by atoms with van der Waals surface area (Å²) in [6.45, 7) is 3.75. The van der Waals surface area contributed by atoms with Gasteiger partial charge in [0, 0.05) is 24.9 Å². The molecule has 25 heavy (non-hydrogen) atoms. The maximum absolute atomic E-state index is 5.75. The van der Waals surface area contributed by atoms with E-state index in [9.17, 15) is 0 Å². The standard InChI is InChI=1S/C20H23N3O2/c1-14-9-10-23-18(12-14)22-19(15-5-7-16(24-2)8-6-15)20(23)21-13-17-4-3-11-25-17/h5-10,12,17,21H,3-4,11,13H2,1-2H3. The first-order valence-electron chi connectivity index (χ1n) is 8.73. The predicted octanol–water partition coefficient (Wildman–Crippen LogP) is 3.91. The second-order valence-electron chi connectivity index (χ2n) is 6.49. The molecule has 1 atom stereocenters. The molecule has 2 aromatic heterocycles. The Hall–Kier alpha value is -2.53. The molecule has 1 saturated heterocycles. The summed E-state index contributed by atoms with van der Waals surface area (Å²) in [7, 11) is 1.68. The predicted molar refractivity (Wildman–Crippen MR) is 99.4 cm³/mol. The zero-order valence-electron chi connectivity index (χ0n) is 14.7. The summed E-state index contributed by atoms with van der Waals surface area (Å²) in [5.41, 5.74) is 4.16. The lowest BCUT2D eigenvalue weighted by Crippen LogP contribution is -2.19. The van der Waals surface area contributed by atoms with E-state index in [4.69, 9.17) is 14.5 Å². The number of hydrogen-bond donors (Lipinski definition) is 1. The lowest BCUT2D eigenvalue weighted by molar-refractivity contribution is 0.120. The van der Waals surface area contributed by atoms with Crippen LogP contribution in [-0.2, 0) is 4.74 Å². The molecule has 1 unspecified atom stereocenters. The number of hydrogen-bond acceptors (Lipinski definition) is 4. The van der Waals surface area contributed by atoms with E-state index in [-0.39, 0.29) is 6.10 Å². The zero-order valence-corrected chi connectivity index (χ0v) is 14.7. The number of ether oxygens (including phenoxy) is 2. The van der Waals surface area contributed by atoms with Gasteiger partial charge in [-0.2, -0.15) is 0 Å². The number of imidazole rings is 1.